The van der Waals surface area contributed by atoms with E-state index in [9.17, 15) is 0 Å². The van der Waals surface area contributed by atoms with Crippen molar-refractivity contribution in [3.8, 4) is 5.88 Å². The van der Waals surface area contributed by atoms with Gasteiger partial charge in [-0.1, -0.05) is 0 Å². The molecule has 15 heavy (non-hydrogen) atoms. The summed E-state index contributed by atoms with van der Waals surface area (Å²) in [5.41, 5.74) is 0. The third kappa shape index (κ3) is 2.40. The average Bonchev–Trinajstić information content (AvgIpc) is 2.17. The van der Waals surface area contributed by atoms with Crippen LogP contribution in [0.3, 0.4) is 0 Å². The zero-order chi connectivity index (χ0) is 10.7. The molecule has 0 saturated heterocycles. The van der Waals surface area contributed by atoms with Gasteiger partial charge in [-0.25, -0.2) is 9.97 Å². The van der Waals surface area contributed by atoms with Crippen molar-refractivity contribution in [1.82, 2.24) is 9.97 Å². The van der Waals surface area contributed by atoms with Crippen LogP contribution in [0.25, 0.3) is 0 Å². The van der Waals surface area contributed by atoms with Gasteiger partial charge < -0.3 is 10.1 Å². The zero-order valence-corrected chi connectivity index (χ0v) is 10.2. The van der Waals surface area contributed by atoms with Crippen LogP contribution in [-0.2, 0) is 0 Å². The Morgan fingerprint density at radius 2 is 2.33 bits per heavy atom. The molecule has 1 saturated carbocycles. The van der Waals surface area contributed by atoms with Crippen molar-refractivity contribution in [2.75, 3.05) is 11.9 Å². The molecule has 0 amide bonds. The Balaban J connectivity index is 2.11. The Bertz CT molecular complexity index is 341. The second kappa shape index (κ2) is 4.79. The highest BCUT2D eigenvalue weighted by molar-refractivity contribution is 9.10. The number of hydrogen-bond acceptors (Lipinski definition) is 4. The summed E-state index contributed by atoms with van der Waals surface area (Å²) in [5, 5.41) is 3.15. The quantitative estimate of drug-likeness (QED) is 0.915. The van der Waals surface area contributed by atoms with Crippen LogP contribution in [0.1, 0.15) is 26.2 Å². The van der Waals surface area contributed by atoms with E-state index >= 15 is 0 Å². The Kier molecular flexibility index (Phi) is 3.41. The number of nitrogens with zero attached hydrogens (tertiary/aromatic N) is 2. The molecule has 1 aromatic heterocycles. The van der Waals surface area contributed by atoms with Crippen molar-refractivity contribution in [1.29, 1.82) is 0 Å². The van der Waals surface area contributed by atoms with Crippen molar-refractivity contribution in [3.05, 3.63) is 10.8 Å². The summed E-state index contributed by atoms with van der Waals surface area (Å²) in [7, 11) is 0. The number of halogens is 1. The molecule has 0 atom stereocenters. The summed E-state index contributed by atoms with van der Waals surface area (Å²) < 4.78 is 6.55. The number of nitrogens with one attached hydrogen (secondary N) is 1. The van der Waals surface area contributed by atoms with Crippen LogP contribution in [0.4, 0.5) is 5.82 Å². The molecular formula is C10H14BrN3O. The van der Waals surface area contributed by atoms with Crippen molar-refractivity contribution >= 4 is 21.7 Å². The van der Waals surface area contributed by atoms with Crippen molar-refractivity contribution < 1.29 is 4.74 Å². The molecule has 1 N–H and O–H groups in total. The average molecular weight is 272 g/mol. The highest BCUT2D eigenvalue weighted by Gasteiger charge is 2.21. The Hall–Kier alpha value is -0.840. The van der Waals surface area contributed by atoms with Crippen molar-refractivity contribution in [2.24, 2.45) is 0 Å². The first-order chi connectivity index (χ1) is 7.31. The maximum Gasteiger partial charge on any atom is 0.233 e. The predicted molar refractivity (Wildman–Crippen MR) is 62.2 cm³/mol. The molecule has 82 valence electrons. The molecule has 1 aromatic rings. The molecule has 0 radical (unpaired) electrons. The molecular weight excluding hydrogens is 258 g/mol. The predicted octanol–water partition coefficient (Wildman–Crippen LogP) is 2.60. The molecule has 1 heterocycles. The first-order valence-electron chi connectivity index (χ1n) is 5.22. The summed E-state index contributed by atoms with van der Waals surface area (Å²) in [4.78, 5) is 8.25. The lowest BCUT2D eigenvalue weighted by molar-refractivity contribution is 0.113. The van der Waals surface area contributed by atoms with Crippen LogP contribution in [0.15, 0.2) is 10.8 Å². The molecule has 2 rings (SSSR count). The van der Waals surface area contributed by atoms with Crippen LogP contribution in [0, 0.1) is 0 Å². The fourth-order valence-corrected chi connectivity index (χ4v) is 1.81. The van der Waals surface area contributed by atoms with E-state index in [0.29, 0.717) is 12.0 Å². The Morgan fingerprint density at radius 1 is 1.53 bits per heavy atom. The molecule has 0 spiro atoms. The van der Waals surface area contributed by atoms with Gasteiger partial charge in [0, 0.05) is 6.54 Å². The van der Waals surface area contributed by atoms with Crippen molar-refractivity contribution in [3.63, 3.8) is 0 Å². The summed E-state index contributed by atoms with van der Waals surface area (Å²) >= 11 is 3.45. The maximum absolute atomic E-state index is 5.73. The summed E-state index contributed by atoms with van der Waals surface area (Å²) in [6.07, 6.45) is 5.38. The second-order valence-corrected chi connectivity index (χ2v) is 4.34. The van der Waals surface area contributed by atoms with Gasteiger partial charge >= 0.3 is 0 Å². The molecule has 0 aliphatic heterocycles. The number of aromatic nitrogens is 2. The molecule has 1 fully saturated rings. The highest BCUT2D eigenvalue weighted by Crippen LogP contribution is 2.32. The van der Waals surface area contributed by atoms with E-state index in [2.05, 4.69) is 31.2 Å². The highest BCUT2D eigenvalue weighted by atomic mass is 79.9. The van der Waals surface area contributed by atoms with Crippen LogP contribution < -0.4 is 10.1 Å². The van der Waals surface area contributed by atoms with E-state index < -0.39 is 0 Å². The molecule has 0 unspecified atom stereocenters. The normalized spacial score (nSPS) is 15.9. The third-order valence-corrected chi connectivity index (χ3v) is 3.15. The smallest absolute Gasteiger partial charge is 0.233 e. The third-order valence-electron chi connectivity index (χ3n) is 2.43. The lowest BCUT2D eigenvalue weighted by Crippen LogP contribution is -2.25. The number of anilines is 1. The van der Waals surface area contributed by atoms with Gasteiger partial charge in [-0.15, -0.1) is 0 Å². The van der Waals surface area contributed by atoms with E-state index in [1.807, 2.05) is 6.92 Å². The van der Waals surface area contributed by atoms with E-state index in [0.717, 1.165) is 29.7 Å². The van der Waals surface area contributed by atoms with E-state index in [-0.39, 0.29) is 0 Å². The van der Waals surface area contributed by atoms with E-state index in [4.69, 9.17) is 4.74 Å². The summed E-state index contributed by atoms with van der Waals surface area (Å²) in [5.74, 6) is 1.44. The van der Waals surface area contributed by atoms with Gasteiger partial charge in [-0.05, 0) is 42.1 Å². The molecule has 1 aliphatic carbocycles. The minimum Gasteiger partial charge on any atom is -0.473 e. The van der Waals surface area contributed by atoms with Crippen LogP contribution in [0.2, 0.25) is 0 Å². The largest absolute Gasteiger partial charge is 0.473 e. The van der Waals surface area contributed by atoms with Crippen molar-refractivity contribution in [2.45, 2.75) is 32.3 Å². The Morgan fingerprint density at radius 3 is 2.93 bits per heavy atom. The van der Waals surface area contributed by atoms with E-state index in [1.165, 1.54) is 12.7 Å². The molecule has 0 aromatic carbocycles. The Labute approximate surface area is 97.6 Å². The molecule has 0 bridgehead atoms. The fraction of sp³-hybridized carbons (Fsp3) is 0.600. The van der Waals surface area contributed by atoms with Gasteiger partial charge in [0.05, 0.1) is 0 Å². The maximum atomic E-state index is 5.73. The fourth-order valence-electron chi connectivity index (χ4n) is 1.37. The van der Waals surface area contributed by atoms with Gasteiger partial charge in [0.2, 0.25) is 5.88 Å². The number of rotatable bonds is 4. The first kappa shape index (κ1) is 10.7. The minimum absolute atomic E-state index is 0.339. The molecule has 1 aliphatic rings. The minimum atomic E-state index is 0.339. The van der Waals surface area contributed by atoms with Crippen LogP contribution in [0.5, 0.6) is 5.88 Å². The van der Waals surface area contributed by atoms with Crippen LogP contribution in [-0.4, -0.2) is 22.6 Å². The molecule has 4 nitrogen and oxygen atoms in total. The summed E-state index contributed by atoms with van der Waals surface area (Å²) in [6, 6.07) is 0. The zero-order valence-electron chi connectivity index (χ0n) is 8.66. The lowest BCUT2D eigenvalue weighted by atomic mass is 9.96. The van der Waals surface area contributed by atoms with Gasteiger partial charge in [0.1, 0.15) is 22.7 Å². The van der Waals surface area contributed by atoms with Gasteiger partial charge in [-0.2, -0.15) is 0 Å². The standard InChI is InChI=1S/C10H14BrN3O/c1-2-12-9-8(11)10(14-6-13-9)15-7-4-3-5-7/h6-7H,2-5H2,1H3,(H,12,13,14). The van der Waals surface area contributed by atoms with E-state index in [1.54, 1.807) is 0 Å². The topological polar surface area (TPSA) is 47.0 Å². The lowest BCUT2D eigenvalue weighted by Gasteiger charge is -2.26. The van der Waals surface area contributed by atoms with Gasteiger partial charge in [0.25, 0.3) is 0 Å². The SMILES string of the molecule is CCNc1ncnc(OC2CCC2)c1Br. The molecule has 5 heteroatoms. The first-order valence-corrected chi connectivity index (χ1v) is 6.01. The number of ether oxygens (including phenoxy) is 1. The van der Waals surface area contributed by atoms with Crippen LogP contribution >= 0.6 is 15.9 Å². The number of hydrogen-bond donors (Lipinski definition) is 1. The van der Waals surface area contributed by atoms with Gasteiger partial charge in [-0.3, -0.25) is 0 Å². The monoisotopic (exact) mass is 271 g/mol. The van der Waals surface area contributed by atoms with Gasteiger partial charge in [0.15, 0.2) is 0 Å². The second-order valence-electron chi connectivity index (χ2n) is 3.54. The summed E-state index contributed by atoms with van der Waals surface area (Å²) in [6.45, 7) is 2.86.